The zero-order valence-corrected chi connectivity index (χ0v) is 23.7. The van der Waals surface area contributed by atoms with Gasteiger partial charge in [0.15, 0.2) is 0 Å². The molecule has 1 unspecified atom stereocenters. The lowest BCUT2D eigenvalue weighted by Crippen LogP contribution is -2.51. The number of carbonyl (C=O) groups excluding carboxylic acids is 2. The first-order valence-electron chi connectivity index (χ1n) is 12.6. The van der Waals surface area contributed by atoms with Crippen LogP contribution < -0.4 is 9.62 Å². The largest absolute Gasteiger partial charge is 0.355 e. The Kier molecular flexibility index (Phi) is 9.94. The third kappa shape index (κ3) is 6.94. The van der Waals surface area contributed by atoms with Gasteiger partial charge in [-0.15, -0.1) is 0 Å². The smallest absolute Gasteiger partial charge is 0.264 e. The predicted octanol–water partition coefficient (Wildman–Crippen LogP) is 4.96. The molecule has 7 nitrogen and oxygen atoms in total. The van der Waals surface area contributed by atoms with E-state index in [0.29, 0.717) is 23.7 Å². The summed E-state index contributed by atoms with van der Waals surface area (Å²) >= 11 is 6.17. The van der Waals surface area contributed by atoms with E-state index in [4.69, 9.17) is 11.6 Å². The second-order valence-corrected chi connectivity index (χ2v) is 11.3. The van der Waals surface area contributed by atoms with Crippen LogP contribution in [0.25, 0.3) is 0 Å². The van der Waals surface area contributed by atoms with Gasteiger partial charge >= 0.3 is 0 Å². The van der Waals surface area contributed by atoms with Gasteiger partial charge in [0.1, 0.15) is 12.6 Å². The molecule has 0 bridgehead atoms. The first-order chi connectivity index (χ1) is 18.1. The van der Waals surface area contributed by atoms with Crippen molar-refractivity contribution < 1.29 is 18.0 Å². The lowest BCUT2D eigenvalue weighted by molar-refractivity contribution is -0.139. The summed E-state index contributed by atoms with van der Waals surface area (Å²) in [7, 11) is -4.10. The highest BCUT2D eigenvalue weighted by molar-refractivity contribution is 7.92. The van der Waals surface area contributed by atoms with E-state index in [1.54, 1.807) is 56.3 Å². The zero-order valence-electron chi connectivity index (χ0n) is 22.1. The summed E-state index contributed by atoms with van der Waals surface area (Å²) in [6.45, 7) is 7.25. The standard InChI is InChI=1S/C29H34ClN3O4S/c1-5-24-11-7-8-13-27(24)33(38(36,37)26-16-14-21(3)15-17-26)20-28(34)32(22(4)29(35)31-6-2)19-23-10-9-12-25(30)18-23/h7-18,22H,5-6,19-20H2,1-4H3,(H,31,35). The first-order valence-corrected chi connectivity index (χ1v) is 14.4. The number of hydrogen-bond acceptors (Lipinski definition) is 4. The van der Waals surface area contributed by atoms with E-state index < -0.39 is 28.5 Å². The molecule has 0 saturated carbocycles. The minimum absolute atomic E-state index is 0.0833. The molecule has 38 heavy (non-hydrogen) atoms. The number of nitrogens with one attached hydrogen (secondary N) is 1. The number of rotatable bonds is 11. The van der Waals surface area contributed by atoms with Crippen molar-refractivity contribution in [1.82, 2.24) is 10.2 Å². The number of benzene rings is 3. The number of aryl methyl sites for hydroxylation is 2. The summed E-state index contributed by atoms with van der Waals surface area (Å²) < 4.78 is 29.0. The van der Waals surface area contributed by atoms with Gasteiger partial charge in [0.2, 0.25) is 11.8 Å². The van der Waals surface area contributed by atoms with Crippen LogP contribution >= 0.6 is 11.6 Å². The molecule has 0 saturated heterocycles. The maximum atomic E-state index is 13.9. The summed E-state index contributed by atoms with van der Waals surface area (Å²) in [5.41, 5.74) is 2.86. The zero-order chi connectivity index (χ0) is 27.9. The molecule has 0 radical (unpaired) electrons. The number of likely N-dealkylation sites (N-methyl/N-ethyl adjacent to an activating group) is 1. The van der Waals surface area contributed by atoms with Crippen molar-refractivity contribution in [3.8, 4) is 0 Å². The van der Waals surface area contributed by atoms with Crippen molar-refractivity contribution in [2.24, 2.45) is 0 Å². The third-order valence-corrected chi connectivity index (χ3v) is 8.30. The van der Waals surface area contributed by atoms with Crippen LogP contribution in [-0.4, -0.2) is 44.3 Å². The lowest BCUT2D eigenvalue weighted by atomic mass is 10.1. The molecule has 0 aliphatic rings. The highest BCUT2D eigenvalue weighted by atomic mass is 35.5. The minimum atomic E-state index is -4.10. The number of halogens is 1. The molecule has 3 rings (SSSR count). The second-order valence-electron chi connectivity index (χ2n) is 9.03. The van der Waals surface area contributed by atoms with Crippen LogP contribution in [0.2, 0.25) is 5.02 Å². The van der Waals surface area contributed by atoms with Gasteiger partial charge in [-0.25, -0.2) is 8.42 Å². The number of sulfonamides is 1. The summed E-state index contributed by atoms with van der Waals surface area (Å²) in [6, 6.07) is 19.8. The van der Waals surface area contributed by atoms with Crippen LogP contribution in [-0.2, 0) is 32.6 Å². The Balaban J connectivity index is 2.07. The lowest BCUT2D eigenvalue weighted by Gasteiger charge is -2.32. The number of para-hydroxylation sites is 1. The van der Waals surface area contributed by atoms with Gasteiger partial charge in [0.25, 0.3) is 10.0 Å². The van der Waals surface area contributed by atoms with Crippen molar-refractivity contribution in [3.63, 3.8) is 0 Å². The normalized spacial score (nSPS) is 12.0. The monoisotopic (exact) mass is 555 g/mol. The van der Waals surface area contributed by atoms with E-state index in [1.807, 2.05) is 32.0 Å². The maximum Gasteiger partial charge on any atom is 0.264 e. The SMILES string of the molecule is CCNC(=O)C(C)N(Cc1cccc(Cl)c1)C(=O)CN(c1ccccc1CC)S(=O)(=O)c1ccc(C)cc1. The van der Waals surface area contributed by atoms with Crippen LogP contribution in [0, 0.1) is 6.92 Å². The molecule has 0 aliphatic carbocycles. The van der Waals surface area contributed by atoms with Crippen molar-refractivity contribution in [1.29, 1.82) is 0 Å². The van der Waals surface area contributed by atoms with Crippen LogP contribution in [0.1, 0.15) is 37.5 Å². The van der Waals surface area contributed by atoms with Crippen LogP contribution in [0.15, 0.2) is 77.7 Å². The molecule has 0 heterocycles. The van der Waals surface area contributed by atoms with E-state index in [9.17, 15) is 18.0 Å². The van der Waals surface area contributed by atoms with Crippen LogP contribution in [0.4, 0.5) is 5.69 Å². The Labute approximate surface area is 230 Å². The maximum absolute atomic E-state index is 13.9. The molecule has 0 spiro atoms. The van der Waals surface area contributed by atoms with E-state index in [2.05, 4.69) is 5.32 Å². The van der Waals surface area contributed by atoms with Crippen molar-refractivity contribution in [3.05, 3.63) is 94.5 Å². The number of nitrogens with zero attached hydrogens (tertiary/aromatic N) is 2. The molecule has 0 fully saturated rings. The van der Waals surface area contributed by atoms with Gasteiger partial charge in [-0.2, -0.15) is 0 Å². The fraction of sp³-hybridized carbons (Fsp3) is 0.310. The molecule has 3 aromatic carbocycles. The van der Waals surface area contributed by atoms with E-state index >= 15 is 0 Å². The predicted molar refractivity (Wildman–Crippen MR) is 152 cm³/mol. The fourth-order valence-corrected chi connectivity index (χ4v) is 5.81. The number of anilines is 1. The number of hydrogen-bond donors (Lipinski definition) is 1. The fourth-order valence-electron chi connectivity index (χ4n) is 4.14. The molecule has 9 heteroatoms. The Bertz CT molecular complexity index is 1380. The summed E-state index contributed by atoms with van der Waals surface area (Å²) in [4.78, 5) is 28.2. The summed E-state index contributed by atoms with van der Waals surface area (Å²) in [6.07, 6.45) is 0.575. The van der Waals surface area contributed by atoms with Gasteiger partial charge in [-0.1, -0.05) is 66.6 Å². The molecule has 3 aromatic rings. The topological polar surface area (TPSA) is 86.8 Å². The molecule has 1 N–H and O–H groups in total. The Morgan fingerprint density at radius 3 is 2.29 bits per heavy atom. The van der Waals surface area contributed by atoms with Crippen molar-refractivity contribution in [2.45, 2.75) is 51.6 Å². The quantitative estimate of drug-likeness (QED) is 0.362. The van der Waals surface area contributed by atoms with E-state index in [0.717, 1.165) is 21.0 Å². The van der Waals surface area contributed by atoms with Gasteiger partial charge in [-0.3, -0.25) is 13.9 Å². The Morgan fingerprint density at radius 1 is 0.974 bits per heavy atom. The molecule has 2 amide bonds. The van der Waals surface area contributed by atoms with E-state index in [1.165, 1.54) is 17.0 Å². The summed E-state index contributed by atoms with van der Waals surface area (Å²) in [5.74, 6) is -0.838. The van der Waals surface area contributed by atoms with Gasteiger partial charge in [-0.05, 0) is 68.7 Å². The van der Waals surface area contributed by atoms with Crippen molar-refractivity contribution >= 4 is 39.1 Å². The van der Waals surface area contributed by atoms with E-state index in [-0.39, 0.29) is 17.3 Å². The minimum Gasteiger partial charge on any atom is -0.355 e. The van der Waals surface area contributed by atoms with Crippen molar-refractivity contribution in [2.75, 3.05) is 17.4 Å². The Hall–Kier alpha value is -3.36. The average Bonchev–Trinajstić information content (AvgIpc) is 2.90. The van der Waals surface area contributed by atoms with Crippen LogP contribution in [0.3, 0.4) is 0 Å². The highest BCUT2D eigenvalue weighted by Crippen LogP contribution is 2.28. The summed E-state index contributed by atoms with van der Waals surface area (Å²) in [5, 5.41) is 3.25. The molecular weight excluding hydrogens is 522 g/mol. The van der Waals surface area contributed by atoms with Crippen LogP contribution in [0.5, 0.6) is 0 Å². The molecule has 1 atom stereocenters. The number of amides is 2. The van der Waals surface area contributed by atoms with Gasteiger partial charge in [0, 0.05) is 18.1 Å². The number of carbonyl (C=O) groups is 2. The first kappa shape index (κ1) is 29.2. The van der Waals surface area contributed by atoms with Gasteiger partial charge < -0.3 is 10.2 Å². The third-order valence-electron chi connectivity index (χ3n) is 6.29. The van der Waals surface area contributed by atoms with Gasteiger partial charge in [0.05, 0.1) is 10.6 Å². The molecule has 202 valence electrons. The molecular formula is C29H34ClN3O4S. The second kappa shape index (κ2) is 12.9. The molecule has 0 aliphatic heterocycles. The molecule has 0 aromatic heterocycles. The highest BCUT2D eigenvalue weighted by Gasteiger charge is 2.33. The average molecular weight is 556 g/mol. The Morgan fingerprint density at radius 2 is 1.66 bits per heavy atom.